The molecule has 0 saturated heterocycles. The summed E-state index contributed by atoms with van der Waals surface area (Å²) in [5.74, 6) is -0.415. The summed E-state index contributed by atoms with van der Waals surface area (Å²) >= 11 is 5.99. The molecule has 2 N–H and O–H groups in total. The van der Waals surface area contributed by atoms with Crippen molar-refractivity contribution in [2.45, 2.75) is 39.3 Å². The van der Waals surface area contributed by atoms with Crippen molar-refractivity contribution in [2.75, 3.05) is 6.54 Å². The summed E-state index contributed by atoms with van der Waals surface area (Å²) in [5.41, 5.74) is 0.776. The molecular weight excluding hydrogens is 267 g/mol. The average molecular weight is 287 g/mol. The number of carbonyl (C=O) groups excluding carboxylic acids is 1. The molecule has 2 atom stereocenters. The average Bonchev–Trinajstić information content (AvgIpc) is 2.35. The van der Waals surface area contributed by atoms with Gasteiger partial charge in [0.1, 0.15) is 5.82 Å². The number of rotatable bonds is 6. The fourth-order valence-electron chi connectivity index (χ4n) is 1.79. The third-order valence-electron chi connectivity index (χ3n) is 2.87. The number of hydrogen-bond donors (Lipinski definition) is 2. The fraction of sp³-hybridized carbons (Fsp3) is 0.500. The fourth-order valence-corrected chi connectivity index (χ4v) is 2.13. The molecule has 0 saturated carbocycles. The van der Waals surface area contributed by atoms with E-state index in [4.69, 9.17) is 11.6 Å². The smallest absolute Gasteiger partial charge is 0.236 e. The van der Waals surface area contributed by atoms with Crippen LogP contribution >= 0.6 is 11.6 Å². The van der Waals surface area contributed by atoms with Crippen LogP contribution in [0.5, 0.6) is 0 Å². The number of nitrogens with one attached hydrogen (secondary N) is 2. The number of amides is 1. The Morgan fingerprint density at radius 2 is 2.11 bits per heavy atom. The van der Waals surface area contributed by atoms with E-state index >= 15 is 0 Å². The largest absolute Gasteiger partial charge is 0.355 e. The Balaban J connectivity index is 2.63. The molecule has 0 spiro atoms. The maximum absolute atomic E-state index is 13.0. The van der Waals surface area contributed by atoms with Crippen LogP contribution < -0.4 is 10.6 Å². The van der Waals surface area contributed by atoms with Crippen LogP contribution in [-0.4, -0.2) is 18.5 Å². The molecule has 1 amide bonds. The van der Waals surface area contributed by atoms with Gasteiger partial charge in [0.05, 0.1) is 6.04 Å². The Bertz CT molecular complexity index is 439. The monoisotopic (exact) mass is 286 g/mol. The van der Waals surface area contributed by atoms with Crippen molar-refractivity contribution >= 4 is 17.5 Å². The summed E-state index contributed by atoms with van der Waals surface area (Å²) in [4.78, 5) is 11.7. The van der Waals surface area contributed by atoms with Gasteiger partial charge < -0.3 is 5.32 Å². The molecule has 1 aromatic rings. The van der Waals surface area contributed by atoms with Crippen LogP contribution in [-0.2, 0) is 4.79 Å². The van der Waals surface area contributed by atoms with Crippen LogP contribution in [0.1, 0.15) is 38.8 Å². The Hall–Kier alpha value is -1.13. The van der Waals surface area contributed by atoms with Gasteiger partial charge in [-0.15, -0.1) is 0 Å². The minimum Gasteiger partial charge on any atom is -0.355 e. The number of halogens is 2. The van der Waals surface area contributed by atoms with E-state index in [-0.39, 0.29) is 23.8 Å². The van der Waals surface area contributed by atoms with Gasteiger partial charge in [-0.1, -0.05) is 24.6 Å². The van der Waals surface area contributed by atoms with Crippen LogP contribution in [0, 0.1) is 5.82 Å². The van der Waals surface area contributed by atoms with E-state index in [1.165, 1.54) is 12.1 Å². The van der Waals surface area contributed by atoms with Gasteiger partial charge in [0, 0.05) is 17.6 Å². The molecule has 0 aliphatic rings. The molecule has 0 fully saturated rings. The zero-order valence-corrected chi connectivity index (χ0v) is 12.2. The number of hydrogen-bond acceptors (Lipinski definition) is 2. The Labute approximate surface area is 118 Å². The van der Waals surface area contributed by atoms with E-state index in [0.29, 0.717) is 11.6 Å². The first-order chi connectivity index (χ1) is 8.95. The van der Waals surface area contributed by atoms with Gasteiger partial charge in [0.2, 0.25) is 5.91 Å². The summed E-state index contributed by atoms with van der Waals surface area (Å²) in [6, 6.07) is 3.81. The molecule has 0 aliphatic carbocycles. The lowest BCUT2D eigenvalue weighted by Crippen LogP contribution is -2.43. The van der Waals surface area contributed by atoms with Crippen LogP contribution in [0.25, 0.3) is 0 Å². The van der Waals surface area contributed by atoms with E-state index in [9.17, 15) is 9.18 Å². The predicted octanol–water partition coefficient (Wildman–Crippen LogP) is 3.04. The Morgan fingerprint density at radius 1 is 1.42 bits per heavy atom. The summed E-state index contributed by atoms with van der Waals surface area (Å²) in [6.45, 7) is 6.34. The van der Waals surface area contributed by atoms with Crippen LogP contribution in [0.2, 0.25) is 5.02 Å². The van der Waals surface area contributed by atoms with E-state index in [0.717, 1.165) is 12.0 Å². The minimum atomic E-state index is -0.366. The lowest BCUT2D eigenvalue weighted by Gasteiger charge is -2.20. The molecule has 0 heterocycles. The van der Waals surface area contributed by atoms with E-state index in [1.807, 2.05) is 13.8 Å². The maximum atomic E-state index is 13.0. The highest BCUT2D eigenvalue weighted by atomic mass is 35.5. The van der Waals surface area contributed by atoms with Crippen molar-refractivity contribution in [3.05, 3.63) is 34.6 Å². The molecular formula is C14H20ClFN2O. The second-order valence-corrected chi connectivity index (χ2v) is 4.97. The van der Waals surface area contributed by atoms with Crippen molar-refractivity contribution in [2.24, 2.45) is 0 Å². The standard InChI is InChI=1S/C14H20ClFN2O/c1-4-7-17-14(19)10(3)18-9(2)12-6-5-11(16)8-13(12)15/h5-6,8-10,18H,4,7H2,1-3H3,(H,17,19). The van der Waals surface area contributed by atoms with Crippen molar-refractivity contribution in [3.8, 4) is 0 Å². The van der Waals surface area contributed by atoms with Gasteiger partial charge >= 0.3 is 0 Å². The van der Waals surface area contributed by atoms with E-state index in [2.05, 4.69) is 10.6 Å². The van der Waals surface area contributed by atoms with Gasteiger partial charge in [-0.05, 0) is 38.0 Å². The van der Waals surface area contributed by atoms with Gasteiger partial charge in [-0.2, -0.15) is 0 Å². The van der Waals surface area contributed by atoms with Gasteiger partial charge in [0.25, 0.3) is 0 Å². The highest BCUT2D eigenvalue weighted by molar-refractivity contribution is 6.31. The van der Waals surface area contributed by atoms with E-state index in [1.54, 1.807) is 13.0 Å². The Morgan fingerprint density at radius 3 is 2.68 bits per heavy atom. The normalized spacial score (nSPS) is 13.9. The summed E-state index contributed by atoms with van der Waals surface area (Å²) in [7, 11) is 0. The molecule has 19 heavy (non-hydrogen) atoms. The van der Waals surface area contributed by atoms with Crippen LogP contribution in [0.4, 0.5) is 4.39 Å². The molecule has 106 valence electrons. The van der Waals surface area contributed by atoms with Crippen molar-refractivity contribution in [3.63, 3.8) is 0 Å². The molecule has 0 radical (unpaired) electrons. The second-order valence-electron chi connectivity index (χ2n) is 4.57. The van der Waals surface area contributed by atoms with Gasteiger partial charge in [0.15, 0.2) is 0 Å². The lowest BCUT2D eigenvalue weighted by atomic mass is 10.1. The molecule has 0 aliphatic heterocycles. The van der Waals surface area contributed by atoms with Gasteiger partial charge in [-0.25, -0.2) is 4.39 Å². The van der Waals surface area contributed by atoms with E-state index < -0.39 is 0 Å². The molecule has 5 heteroatoms. The number of benzene rings is 1. The van der Waals surface area contributed by atoms with Crippen molar-refractivity contribution in [1.82, 2.24) is 10.6 Å². The highest BCUT2D eigenvalue weighted by Crippen LogP contribution is 2.23. The zero-order chi connectivity index (χ0) is 14.4. The summed E-state index contributed by atoms with van der Waals surface area (Å²) < 4.78 is 13.0. The lowest BCUT2D eigenvalue weighted by molar-refractivity contribution is -0.122. The third kappa shape index (κ3) is 4.80. The van der Waals surface area contributed by atoms with Crippen molar-refractivity contribution < 1.29 is 9.18 Å². The Kier molecular flexibility index (Phi) is 6.25. The first-order valence-corrected chi connectivity index (χ1v) is 6.82. The van der Waals surface area contributed by atoms with Crippen molar-refractivity contribution in [1.29, 1.82) is 0 Å². The summed E-state index contributed by atoms with van der Waals surface area (Å²) in [6.07, 6.45) is 0.901. The predicted molar refractivity (Wildman–Crippen MR) is 75.7 cm³/mol. The minimum absolute atomic E-state index is 0.0491. The zero-order valence-electron chi connectivity index (χ0n) is 11.5. The molecule has 0 aromatic heterocycles. The maximum Gasteiger partial charge on any atom is 0.236 e. The third-order valence-corrected chi connectivity index (χ3v) is 3.20. The quantitative estimate of drug-likeness (QED) is 0.844. The van der Waals surface area contributed by atoms with Crippen LogP contribution in [0.15, 0.2) is 18.2 Å². The SMILES string of the molecule is CCCNC(=O)C(C)NC(C)c1ccc(F)cc1Cl. The van der Waals surface area contributed by atoms with Gasteiger partial charge in [-0.3, -0.25) is 10.1 Å². The second kappa shape index (κ2) is 7.46. The first-order valence-electron chi connectivity index (χ1n) is 6.44. The molecule has 1 rings (SSSR count). The topological polar surface area (TPSA) is 41.1 Å². The van der Waals surface area contributed by atoms with Crippen LogP contribution in [0.3, 0.4) is 0 Å². The first kappa shape index (κ1) is 15.9. The molecule has 2 unspecified atom stereocenters. The highest BCUT2D eigenvalue weighted by Gasteiger charge is 2.17. The number of carbonyl (C=O) groups is 1. The molecule has 0 bridgehead atoms. The molecule has 3 nitrogen and oxygen atoms in total. The summed E-state index contributed by atoms with van der Waals surface area (Å²) in [5, 5.41) is 6.33. The molecule has 1 aromatic carbocycles.